The zero-order valence-electron chi connectivity index (χ0n) is 14.9. The van der Waals surface area contributed by atoms with Gasteiger partial charge in [0.2, 0.25) is 0 Å². The molecule has 1 N–H and O–H groups in total. The Balaban J connectivity index is 1.46. The minimum atomic E-state index is 0.0430. The summed E-state index contributed by atoms with van der Waals surface area (Å²) >= 11 is 3.21. The lowest BCUT2D eigenvalue weighted by atomic mass is 9.85. The van der Waals surface area contributed by atoms with Gasteiger partial charge in [0.1, 0.15) is 5.01 Å². The van der Waals surface area contributed by atoms with E-state index in [0.717, 1.165) is 38.6 Å². The highest BCUT2D eigenvalue weighted by Crippen LogP contribution is 2.41. The van der Waals surface area contributed by atoms with E-state index in [2.05, 4.69) is 41.2 Å². The fourth-order valence-electron chi connectivity index (χ4n) is 4.56. The number of thiophene rings is 1. The Hall–Kier alpha value is -1.76. The van der Waals surface area contributed by atoms with E-state index < -0.39 is 0 Å². The molecule has 3 atom stereocenters. The van der Waals surface area contributed by atoms with E-state index in [4.69, 9.17) is 0 Å². The molecule has 6 heteroatoms. The molecule has 4 nitrogen and oxygen atoms in total. The molecule has 0 spiro atoms. The van der Waals surface area contributed by atoms with Crippen LogP contribution in [-0.4, -0.2) is 40.5 Å². The Kier molecular flexibility index (Phi) is 3.71. The minimum absolute atomic E-state index is 0.0430. The molecular formula is C20H21N3OS2. The number of nitrogens with one attached hydrogen (secondary N) is 1. The smallest absolute Gasteiger partial charge is 0.261 e. The first-order chi connectivity index (χ1) is 12.5. The SMILES string of the molecule is CC1(C)[C@H](NC(=O)c2cc3cccc(-c4nccs4)c3s2)C2CCN1C2. The summed E-state index contributed by atoms with van der Waals surface area (Å²) in [5.41, 5.74) is 1.16. The number of thiazole rings is 1. The number of aromatic nitrogens is 1. The monoisotopic (exact) mass is 383 g/mol. The molecular weight excluding hydrogens is 362 g/mol. The zero-order chi connectivity index (χ0) is 17.9. The summed E-state index contributed by atoms with van der Waals surface area (Å²) < 4.78 is 1.14. The molecule has 2 aliphatic rings. The van der Waals surface area contributed by atoms with Gasteiger partial charge >= 0.3 is 0 Å². The van der Waals surface area contributed by atoms with Gasteiger partial charge in [0.25, 0.3) is 5.91 Å². The van der Waals surface area contributed by atoms with Crippen molar-refractivity contribution >= 4 is 38.7 Å². The van der Waals surface area contributed by atoms with Gasteiger partial charge in [-0.1, -0.05) is 18.2 Å². The minimum Gasteiger partial charge on any atom is -0.346 e. The van der Waals surface area contributed by atoms with Gasteiger partial charge in [-0.15, -0.1) is 22.7 Å². The summed E-state index contributed by atoms with van der Waals surface area (Å²) in [5.74, 6) is 0.636. The molecule has 2 saturated heterocycles. The second-order valence-electron chi connectivity index (χ2n) is 7.77. The predicted octanol–water partition coefficient (Wildman–Crippen LogP) is 4.24. The molecule has 0 radical (unpaired) electrons. The van der Waals surface area contributed by atoms with E-state index in [1.165, 1.54) is 6.42 Å². The van der Waals surface area contributed by atoms with Gasteiger partial charge in [0, 0.05) is 33.9 Å². The predicted molar refractivity (Wildman–Crippen MR) is 108 cm³/mol. The van der Waals surface area contributed by atoms with Gasteiger partial charge in [-0.25, -0.2) is 4.98 Å². The number of nitrogens with zero attached hydrogens (tertiary/aromatic N) is 2. The molecule has 3 aromatic rings. The highest BCUT2D eigenvalue weighted by Gasteiger charge is 2.51. The number of piperidine rings is 1. The molecule has 1 aromatic carbocycles. The molecule has 2 fully saturated rings. The van der Waals surface area contributed by atoms with Crippen LogP contribution >= 0.6 is 22.7 Å². The second-order valence-corrected chi connectivity index (χ2v) is 9.72. The number of fused-ring (bicyclic) bond motifs is 3. The summed E-state index contributed by atoms with van der Waals surface area (Å²) in [4.78, 5) is 20.7. The average molecular weight is 384 g/mol. The van der Waals surface area contributed by atoms with Crippen molar-refractivity contribution in [3.63, 3.8) is 0 Å². The van der Waals surface area contributed by atoms with E-state index in [1.54, 1.807) is 22.7 Å². The summed E-state index contributed by atoms with van der Waals surface area (Å²) in [6, 6.07) is 8.46. The first kappa shape index (κ1) is 16.4. The van der Waals surface area contributed by atoms with Crippen molar-refractivity contribution in [3.8, 4) is 10.6 Å². The molecule has 26 heavy (non-hydrogen) atoms. The topological polar surface area (TPSA) is 45.2 Å². The summed E-state index contributed by atoms with van der Waals surface area (Å²) in [6.07, 6.45) is 3.02. The van der Waals surface area contributed by atoms with Crippen molar-refractivity contribution in [3.05, 3.63) is 40.7 Å². The van der Waals surface area contributed by atoms with Crippen molar-refractivity contribution in [2.45, 2.75) is 31.8 Å². The zero-order valence-corrected chi connectivity index (χ0v) is 16.5. The molecule has 134 valence electrons. The van der Waals surface area contributed by atoms with E-state index in [9.17, 15) is 4.79 Å². The molecule has 2 unspecified atom stereocenters. The van der Waals surface area contributed by atoms with Crippen LogP contribution in [0, 0.1) is 5.92 Å². The van der Waals surface area contributed by atoms with Gasteiger partial charge in [0.15, 0.2) is 0 Å². The lowest BCUT2D eigenvalue weighted by Crippen LogP contribution is -2.56. The Morgan fingerprint density at radius 2 is 2.27 bits per heavy atom. The van der Waals surface area contributed by atoms with Crippen LogP contribution in [0.2, 0.25) is 0 Å². The number of carbonyl (C=O) groups excluding carboxylic acids is 1. The molecule has 4 heterocycles. The highest BCUT2D eigenvalue weighted by atomic mass is 32.1. The maximum Gasteiger partial charge on any atom is 0.261 e. The summed E-state index contributed by atoms with van der Waals surface area (Å²) in [5, 5.41) is 7.46. The van der Waals surface area contributed by atoms with E-state index >= 15 is 0 Å². The summed E-state index contributed by atoms with van der Waals surface area (Å²) in [6.45, 7) is 6.77. The van der Waals surface area contributed by atoms with Crippen molar-refractivity contribution in [1.29, 1.82) is 0 Å². The number of rotatable bonds is 3. The first-order valence-electron chi connectivity index (χ1n) is 9.02. The van der Waals surface area contributed by atoms with Crippen LogP contribution in [0.4, 0.5) is 0 Å². The third-order valence-electron chi connectivity index (χ3n) is 5.99. The molecule has 0 aliphatic carbocycles. The fourth-order valence-corrected chi connectivity index (χ4v) is 6.37. The van der Waals surface area contributed by atoms with Crippen LogP contribution in [0.1, 0.15) is 29.9 Å². The van der Waals surface area contributed by atoms with Gasteiger partial charge in [0.05, 0.1) is 10.9 Å². The van der Waals surface area contributed by atoms with Gasteiger partial charge in [-0.2, -0.15) is 0 Å². The number of hydrogen-bond donors (Lipinski definition) is 1. The maximum atomic E-state index is 13.0. The first-order valence-corrected chi connectivity index (χ1v) is 10.7. The summed E-state index contributed by atoms with van der Waals surface area (Å²) in [7, 11) is 0. The quantitative estimate of drug-likeness (QED) is 0.736. The number of benzene rings is 1. The Morgan fingerprint density at radius 1 is 1.38 bits per heavy atom. The standard InChI is InChI=1S/C20H21N3OS2/c1-20(2)17(13-6-8-23(20)11-13)22-18(24)15-10-12-4-3-5-14(16(12)26-15)19-21-7-9-25-19/h3-5,7,9-10,13,17H,6,8,11H2,1-2H3,(H,22,24)/t13?,17-/m1/s1. The van der Waals surface area contributed by atoms with Crippen molar-refractivity contribution < 1.29 is 4.79 Å². The Labute approximate surface area is 160 Å². The van der Waals surface area contributed by atoms with Crippen molar-refractivity contribution in [2.75, 3.05) is 13.1 Å². The van der Waals surface area contributed by atoms with E-state index in [0.29, 0.717) is 5.92 Å². The van der Waals surface area contributed by atoms with Gasteiger partial charge in [-0.05, 0) is 44.2 Å². The number of hydrogen-bond acceptors (Lipinski definition) is 5. The molecule has 5 rings (SSSR count). The molecule has 2 aromatic heterocycles. The van der Waals surface area contributed by atoms with Crippen LogP contribution in [-0.2, 0) is 0 Å². The Morgan fingerprint density at radius 3 is 3.00 bits per heavy atom. The third-order valence-corrected chi connectivity index (χ3v) is 7.98. The lowest BCUT2D eigenvalue weighted by Gasteiger charge is -2.40. The van der Waals surface area contributed by atoms with Gasteiger partial charge < -0.3 is 5.32 Å². The van der Waals surface area contributed by atoms with Crippen LogP contribution in [0.15, 0.2) is 35.8 Å². The third kappa shape index (κ3) is 2.43. The van der Waals surface area contributed by atoms with Crippen LogP contribution in [0.3, 0.4) is 0 Å². The molecule has 1 amide bonds. The fraction of sp³-hybridized carbons (Fsp3) is 0.400. The van der Waals surface area contributed by atoms with Crippen LogP contribution < -0.4 is 5.32 Å². The normalized spacial score (nSPS) is 26.5. The van der Waals surface area contributed by atoms with Gasteiger partial charge in [-0.3, -0.25) is 9.69 Å². The maximum absolute atomic E-state index is 13.0. The number of carbonyl (C=O) groups is 1. The number of amides is 1. The Bertz CT molecular complexity index is 976. The molecule has 0 saturated carbocycles. The second kappa shape index (κ2) is 5.87. The van der Waals surface area contributed by atoms with Crippen LogP contribution in [0.25, 0.3) is 20.7 Å². The molecule has 2 bridgehead atoms. The largest absolute Gasteiger partial charge is 0.346 e. The lowest BCUT2D eigenvalue weighted by molar-refractivity contribution is 0.0839. The van der Waals surface area contributed by atoms with Crippen molar-refractivity contribution in [2.24, 2.45) is 5.92 Å². The van der Waals surface area contributed by atoms with E-state index in [-0.39, 0.29) is 17.5 Å². The van der Waals surface area contributed by atoms with Crippen LogP contribution in [0.5, 0.6) is 0 Å². The van der Waals surface area contributed by atoms with Crippen molar-refractivity contribution in [1.82, 2.24) is 15.2 Å². The van der Waals surface area contributed by atoms with E-state index in [1.807, 2.05) is 23.7 Å². The highest BCUT2D eigenvalue weighted by molar-refractivity contribution is 7.22. The molecule has 2 aliphatic heterocycles. The average Bonchev–Trinajstić information content (AvgIpc) is 3.40.